The van der Waals surface area contributed by atoms with Crippen molar-refractivity contribution in [2.24, 2.45) is 0 Å². The van der Waals surface area contributed by atoms with Gasteiger partial charge in [0.25, 0.3) is 11.8 Å². The van der Waals surface area contributed by atoms with Crippen LogP contribution < -0.4 is 10.2 Å². The number of rotatable bonds is 2. The molecule has 1 aliphatic rings. The van der Waals surface area contributed by atoms with Crippen molar-refractivity contribution in [3.63, 3.8) is 0 Å². The van der Waals surface area contributed by atoms with E-state index < -0.39 is 23.7 Å². The number of imide groups is 2. The lowest BCUT2D eigenvalue weighted by Gasteiger charge is -2.26. The van der Waals surface area contributed by atoms with Gasteiger partial charge in [0, 0.05) is 0 Å². The molecule has 2 aromatic carbocycles. The van der Waals surface area contributed by atoms with Gasteiger partial charge in [0.2, 0.25) is 0 Å². The highest BCUT2D eigenvalue weighted by molar-refractivity contribution is 6.39. The second-order valence-electron chi connectivity index (χ2n) is 5.00. The number of aromatic hydroxyl groups is 1. The van der Waals surface area contributed by atoms with Gasteiger partial charge in [-0.3, -0.25) is 14.9 Å². The number of anilines is 1. The normalized spacial score (nSPS) is 16.5. The number of nitrogens with one attached hydrogen (secondary N) is 1. The van der Waals surface area contributed by atoms with E-state index in [9.17, 15) is 23.9 Å². The number of phenols is 1. The standard InChI is InChI=1S/C17H11FN2O4/c18-13-6-1-2-7-14(13)20-16(23)12(15(22)19-17(20)24)9-10-4-3-5-11(21)8-10/h1-9,21H,(H,19,22,24)/b12-9+. The first-order chi connectivity index (χ1) is 11.5. The highest BCUT2D eigenvalue weighted by atomic mass is 19.1. The molecule has 0 unspecified atom stereocenters. The molecule has 2 aromatic rings. The Morgan fingerprint density at radius 2 is 1.79 bits per heavy atom. The fourth-order valence-electron chi connectivity index (χ4n) is 2.29. The molecular weight excluding hydrogens is 315 g/mol. The number of amides is 4. The van der Waals surface area contributed by atoms with Crippen molar-refractivity contribution < 1.29 is 23.9 Å². The molecule has 1 aliphatic heterocycles. The largest absolute Gasteiger partial charge is 0.508 e. The number of benzene rings is 2. The molecular formula is C17H11FN2O4. The fraction of sp³-hybridized carbons (Fsp3) is 0. The average Bonchev–Trinajstić information content (AvgIpc) is 2.53. The number of para-hydroxylation sites is 1. The zero-order valence-electron chi connectivity index (χ0n) is 12.2. The van der Waals surface area contributed by atoms with Crippen molar-refractivity contribution in [3.05, 3.63) is 65.5 Å². The molecule has 2 N–H and O–H groups in total. The summed E-state index contributed by atoms with van der Waals surface area (Å²) in [5.41, 5.74) is -0.214. The van der Waals surface area contributed by atoms with Gasteiger partial charge in [0.05, 0.1) is 5.69 Å². The van der Waals surface area contributed by atoms with Gasteiger partial charge in [-0.05, 0) is 35.9 Å². The SMILES string of the molecule is O=C1NC(=O)N(c2ccccc2F)C(=O)/C1=C/c1cccc(O)c1. The van der Waals surface area contributed by atoms with Crippen molar-refractivity contribution in [2.45, 2.75) is 0 Å². The van der Waals surface area contributed by atoms with Crippen LogP contribution >= 0.6 is 0 Å². The Morgan fingerprint density at radius 1 is 1.04 bits per heavy atom. The summed E-state index contributed by atoms with van der Waals surface area (Å²) in [5, 5.41) is 11.5. The van der Waals surface area contributed by atoms with Gasteiger partial charge >= 0.3 is 6.03 Å². The minimum absolute atomic E-state index is 0.0462. The highest BCUT2D eigenvalue weighted by Crippen LogP contribution is 2.24. The third kappa shape index (κ3) is 2.74. The summed E-state index contributed by atoms with van der Waals surface area (Å²) in [7, 11) is 0. The van der Waals surface area contributed by atoms with Crippen molar-refractivity contribution in [1.29, 1.82) is 0 Å². The molecule has 3 rings (SSSR count). The monoisotopic (exact) mass is 326 g/mol. The number of carbonyl (C=O) groups excluding carboxylic acids is 3. The number of hydrogen-bond donors (Lipinski definition) is 2. The van der Waals surface area contributed by atoms with Gasteiger partial charge in [0.1, 0.15) is 17.1 Å². The van der Waals surface area contributed by atoms with E-state index in [-0.39, 0.29) is 17.0 Å². The zero-order chi connectivity index (χ0) is 17.3. The topological polar surface area (TPSA) is 86.7 Å². The molecule has 1 saturated heterocycles. The lowest BCUT2D eigenvalue weighted by molar-refractivity contribution is -0.122. The van der Waals surface area contributed by atoms with E-state index in [1.807, 2.05) is 5.32 Å². The first kappa shape index (κ1) is 15.4. The minimum Gasteiger partial charge on any atom is -0.508 e. The Kier molecular flexibility index (Phi) is 3.83. The fourth-order valence-corrected chi connectivity index (χ4v) is 2.29. The molecule has 4 amide bonds. The van der Waals surface area contributed by atoms with Crippen molar-refractivity contribution in [3.8, 4) is 5.75 Å². The molecule has 0 spiro atoms. The van der Waals surface area contributed by atoms with Crippen LogP contribution in [0.2, 0.25) is 0 Å². The first-order valence-corrected chi connectivity index (χ1v) is 6.92. The lowest BCUT2D eigenvalue weighted by Crippen LogP contribution is -2.54. The van der Waals surface area contributed by atoms with Gasteiger partial charge in [-0.15, -0.1) is 0 Å². The molecule has 24 heavy (non-hydrogen) atoms. The number of urea groups is 1. The maximum absolute atomic E-state index is 13.9. The summed E-state index contributed by atoms with van der Waals surface area (Å²) < 4.78 is 13.9. The van der Waals surface area contributed by atoms with E-state index in [4.69, 9.17) is 0 Å². The predicted molar refractivity (Wildman–Crippen MR) is 83.5 cm³/mol. The number of carbonyl (C=O) groups is 3. The number of phenolic OH excluding ortho intramolecular Hbond substituents is 1. The van der Waals surface area contributed by atoms with Crippen LogP contribution in [0.3, 0.4) is 0 Å². The molecule has 7 heteroatoms. The smallest absolute Gasteiger partial charge is 0.336 e. The van der Waals surface area contributed by atoms with Crippen molar-refractivity contribution in [2.75, 3.05) is 4.90 Å². The van der Waals surface area contributed by atoms with E-state index >= 15 is 0 Å². The number of halogens is 1. The van der Waals surface area contributed by atoms with Gasteiger partial charge in [-0.2, -0.15) is 0 Å². The maximum atomic E-state index is 13.9. The van der Waals surface area contributed by atoms with E-state index in [0.29, 0.717) is 10.5 Å². The Balaban J connectivity index is 2.05. The second-order valence-corrected chi connectivity index (χ2v) is 5.00. The van der Waals surface area contributed by atoms with E-state index in [1.165, 1.54) is 42.5 Å². The quantitative estimate of drug-likeness (QED) is 0.654. The third-order valence-electron chi connectivity index (χ3n) is 3.38. The Morgan fingerprint density at radius 3 is 2.50 bits per heavy atom. The van der Waals surface area contributed by atoms with E-state index in [2.05, 4.69) is 0 Å². The molecule has 0 atom stereocenters. The molecule has 0 radical (unpaired) electrons. The molecule has 0 aromatic heterocycles. The first-order valence-electron chi connectivity index (χ1n) is 6.92. The Hall–Kier alpha value is -3.48. The molecule has 6 nitrogen and oxygen atoms in total. The van der Waals surface area contributed by atoms with E-state index in [1.54, 1.807) is 6.07 Å². The minimum atomic E-state index is -1.02. The van der Waals surface area contributed by atoms with Crippen LogP contribution in [-0.2, 0) is 9.59 Å². The van der Waals surface area contributed by atoms with E-state index in [0.717, 1.165) is 6.07 Å². The Labute approximate surface area is 135 Å². The zero-order valence-corrected chi connectivity index (χ0v) is 12.2. The maximum Gasteiger partial charge on any atom is 0.336 e. The van der Waals surface area contributed by atoms with Crippen molar-refractivity contribution in [1.82, 2.24) is 5.32 Å². The second kappa shape index (κ2) is 5.96. The van der Waals surface area contributed by atoms with Crippen LogP contribution in [0.15, 0.2) is 54.1 Å². The molecule has 1 fully saturated rings. The van der Waals surface area contributed by atoms with Crippen molar-refractivity contribution >= 4 is 29.6 Å². The van der Waals surface area contributed by atoms with Gasteiger partial charge in [-0.1, -0.05) is 24.3 Å². The Bertz CT molecular complexity index is 892. The summed E-state index contributed by atoms with van der Waals surface area (Å²) in [6, 6.07) is 10.1. The van der Waals surface area contributed by atoms with Crippen LogP contribution in [0.4, 0.5) is 14.9 Å². The molecule has 0 saturated carbocycles. The lowest BCUT2D eigenvalue weighted by atomic mass is 10.1. The summed E-state index contributed by atoms with van der Waals surface area (Å²) in [4.78, 5) is 37.0. The summed E-state index contributed by atoms with van der Waals surface area (Å²) in [5.74, 6) is -2.65. The van der Waals surface area contributed by atoms with Gasteiger partial charge in [-0.25, -0.2) is 14.1 Å². The number of nitrogens with zero attached hydrogens (tertiary/aromatic N) is 1. The molecule has 1 heterocycles. The van der Waals surface area contributed by atoms with Gasteiger partial charge in [0.15, 0.2) is 0 Å². The third-order valence-corrected chi connectivity index (χ3v) is 3.38. The molecule has 0 aliphatic carbocycles. The summed E-state index contributed by atoms with van der Waals surface area (Å²) >= 11 is 0. The summed E-state index contributed by atoms with van der Waals surface area (Å²) in [6.07, 6.45) is 1.22. The predicted octanol–water partition coefficient (Wildman–Crippen LogP) is 2.20. The number of hydrogen-bond acceptors (Lipinski definition) is 4. The van der Waals surface area contributed by atoms with Crippen LogP contribution in [0.5, 0.6) is 5.75 Å². The van der Waals surface area contributed by atoms with Crippen LogP contribution in [0.25, 0.3) is 6.08 Å². The van der Waals surface area contributed by atoms with Crippen LogP contribution in [-0.4, -0.2) is 23.0 Å². The van der Waals surface area contributed by atoms with Crippen LogP contribution in [0, 0.1) is 5.82 Å². The van der Waals surface area contributed by atoms with Crippen LogP contribution in [0.1, 0.15) is 5.56 Å². The highest BCUT2D eigenvalue weighted by Gasteiger charge is 2.37. The van der Waals surface area contributed by atoms with Gasteiger partial charge < -0.3 is 5.11 Å². The molecule has 120 valence electrons. The average molecular weight is 326 g/mol. The molecule has 0 bridgehead atoms. The summed E-state index contributed by atoms with van der Waals surface area (Å²) in [6.45, 7) is 0. The number of barbiturate groups is 1.